The summed E-state index contributed by atoms with van der Waals surface area (Å²) in [6.07, 6.45) is -1.76. The number of hydrogen-bond acceptors (Lipinski definition) is 4. The number of aromatic nitrogens is 1. The molecule has 2 N–H and O–H groups in total. The second kappa shape index (κ2) is 11.5. The number of benzene rings is 3. The van der Waals surface area contributed by atoms with Crippen LogP contribution in [0.4, 0.5) is 29.3 Å². The smallest absolute Gasteiger partial charge is 0.416 e. The summed E-state index contributed by atoms with van der Waals surface area (Å²) in [7, 11) is 0. The summed E-state index contributed by atoms with van der Waals surface area (Å²) in [4.78, 5) is 31.0. The minimum atomic E-state index is -4.50. The molecule has 0 spiro atoms. The van der Waals surface area contributed by atoms with E-state index in [2.05, 4.69) is 15.6 Å². The molecule has 5 rings (SSSR count). The Morgan fingerprint density at radius 2 is 1.73 bits per heavy atom. The molecule has 40 heavy (non-hydrogen) atoms. The summed E-state index contributed by atoms with van der Waals surface area (Å²) < 4.78 is 45.0. The van der Waals surface area contributed by atoms with Gasteiger partial charge in [-0.15, -0.1) is 0 Å². The molecule has 0 unspecified atom stereocenters. The molecule has 1 aliphatic heterocycles. The van der Waals surface area contributed by atoms with Gasteiger partial charge in [0.15, 0.2) is 0 Å². The molecule has 0 saturated heterocycles. The van der Waals surface area contributed by atoms with Gasteiger partial charge in [-0.3, -0.25) is 14.7 Å². The van der Waals surface area contributed by atoms with E-state index < -0.39 is 17.8 Å². The van der Waals surface area contributed by atoms with Gasteiger partial charge < -0.3 is 15.4 Å². The van der Waals surface area contributed by atoms with Gasteiger partial charge in [0.05, 0.1) is 5.56 Å². The average molecular weight is 547 g/mol. The number of amides is 3. The molecule has 10 heteroatoms. The molecule has 1 aromatic heterocycles. The minimum Gasteiger partial charge on any atom is -0.457 e. The molecule has 3 amide bonds. The number of ether oxygens (including phenoxy) is 1. The number of hydrogen-bond donors (Lipinski definition) is 2. The van der Waals surface area contributed by atoms with Gasteiger partial charge in [0.25, 0.3) is 5.91 Å². The normalized spacial score (nSPS) is 12.5. The maximum absolute atomic E-state index is 13.0. The van der Waals surface area contributed by atoms with Gasteiger partial charge in [0.2, 0.25) is 0 Å². The van der Waals surface area contributed by atoms with Crippen LogP contribution in [0.3, 0.4) is 0 Å². The number of urea groups is 1. The summed E-state index contributed by atoms with van der Waals surface area (Å²) in [6, 6.07) is 22.2. The van der Waals surface area contributed by atoms with Crippen LogP contribution in [0.2, 0.25) is 0 Å². The molecule has 4 aromatic rings. The number of alkyl halides is 3. The summed E-state index contributed by atoms with van der Waals surface area (Å²) in [6.45, 7) is 0.838. The number of anilines is 2. The van der Waals surface area contributed by atoms with Crippen molar-refractivity contribution in [1.29, 1.82) is 0 Å². The molecule has 7 nitrogen and oxygen atoms in total. The Hall–Kier alpha value is -4.86. The lowest BCUT2D eigenvalue weighted by Gasteiger charge is -2.19. The van der Waals surface area contributed by atoms with Gasteiger partial charge >= 0.3 is 12.2 Å². The molecule has 0 fully saturated rings. The van der Waals surface area contributed by atoms with E-state index in [0.29, 0.717) is 43.1 Å². The van der Waals surface area contributed by atoms with Gasteiger partial charge in [-0.1, -0.05) is 36.4 Å². The highest BCUT2D eigenvalue weighted by Gasteiger charge is 2.31. The van der Waals surface area contributed by atoms with Gasteiger partial charge in [0.1, 0.15) is 17.2 Å². The second-order valence-electron chi connectivity index (χ2n) is 9.17. The van der Waals surface area contributed by atoms with E-state index in [1.807, 2.05) is 30.3 Å². The standard InChI is InChI=1S/C30H25F3N4O3/c31-30(32,33)22-7-4-8-23(18-22)36-29(39)37-16-13-21-17-24(9-10-27(21)37)40-25-12-15-34-26(19-25)28(38)35-14-11-20-5-2-1-3-6-20/h1-10,12,15,17-19H,11,13-14,16H2,(H,35,38)(H,36,39). The maximum atomic E-state index is 13.0. The number of nitrogens with zero attached hydrogens (tertiary/aromatic N) is 2. The fourth-order valence-electron chi connectivity index (χ4n) is 4.41. The summed E-state index contributed by atoms with van der Waals surface area (Å²) >= 11 is 0. The molecular weight excluding hydrogens is 521 g/mol. The number of halogens is 3. The van der Waals surface area contributed by atoms with Crippen LogP contribution in [0.25, 0.3) is 0 Å². The van der Waals surface area contributed by atoms with Crippen molar-refractivity contribution in [2.45, 2.75) is 19.0 Å². The zero-order valence-electron chi connectivity index (χ0n) is 21.2. The van der Waals surface area contributed by atoms with E-state index in [-0.39, 0.29) is 17.3 Å². The number of carbonyl (C=O) groups excluding carboxylic acids is 2. The fraction of sp³-hybridized carbons (Fsp3) is 0.167. The molecule has 204 valence electrons. The number of rotatable bonds is 7. The average Bonchev–Trinajstić information content (AvgIpc) is 3.37. The van der Waals surface area contributed by atoms with Crippen molar-refractivity contribution < 1.29 is 27.5 Å². The quantitative estimate of drug-likeness (QED) is 0.279. The Morgan fingerprint density at radius 1 is 0.925 bits per heavy atom. The van der Waals surface area contributed by atoms with Crippen molar-refractivity contribution in [3.63, 3.8) is 0 Å². The van der Waals surface area contributed by atoms with Crippen molar-refractivity contribution in [2.75, 3.05) is 23.3 Å². The van der Waals surface area contributed by atoms with Crippen LogP contribution >= 0.6 is 0 Å². The molecular formula is C30H25F3N4O3. The highest BCUT2D eigenvalue weighted by atomic mass is 19.4. The highest BCUT2D eigenvalue weighted by molar-refractivity contribution is 6.03. The fourth-order valence-corrected chi connectivity index (χ4v) is 4.41. The highest BCUT2D eigenvalue weighted by Crippen LogP contribution is 2.34. The molecule has 2 heterocycles. The molecule has 0 saturated carbocycles. The van der Waals surface area contributed by atoms with Crippen molar-refractivity contribution in [3.8, 4) is 11.5 Å². The van der Waals surface area contributed by atoms with E-state index in [1.54, 1.807) is 30.3 Å². The lowest BCUT2D eigenvalue weighted by Crippen LogP contribution is -2.33. The van der Waals surface area contributed by atoms with Crippen molar-refractivity contribution in [3.05, 3.63) is 114 Å². The lowest BCUT2D eigenvalue weighted by molar-refractivity contribution is -0.137. The lowest BCUT2D eigenvalue weighted by atomic mass is 10.1. The number of fused-ring (bicyclic) bond motifs is 1. The Balaban J connectivity index is 1.20. The maximum Gasteiger partial charge on any atom is 0.416 e. The van der Waals surface area contributed by atoms with Gasteiger partial charge in [-0.25, -0.2) is 4.79 Å². The predicted molar refractivity (Wildman–Crippen MR) is 145 cm³/mol. The van der Waals surface area contributed by atoms with Crippen molar-refractivity contribution in [1.82, 2.24) is 10.3 Å². The molecule has 0 bridgehead atoms. The van der Waals surface area contributed by atoms with Gasteiger partial charge in [-0.05, 0) is 66.4 Å². The first kappa shape index (κ1) is 26.7. The van der Waals surface area contributed by atoms with E-state index >= 15 is 0 Å². The first-order valence-electron chi connectivity index (χ1n) is 12.6. The Bertz CT molecular complexity index is 1530. The Kier molecular flexibility index (Phi) is 7.68. The predicted octanol–water partition coefficient (Wildman–Crippen LogP) is 6.46. The summed E-state index contributed by atoms with van der Waals surface area (Å²) in [5.41, 5.74) is 2.07. The van der Waals surface area contributed by atoms with Crippen LogP contribution in [0.5, 0.6) is 11.5 Å². The zero-order valence-corrected chi connectivity index (χ0v) is 21.2. The SMILES string of the molecule is O=C(NCCc1ccccc1)c1cc(Oc2ccc3c(c2)CCN3C(=O)Nc2cccc(C(F)(F)F)c2)ccn1. The monoisotopic (exact) mass is 546 g/mol. The van der Waals surface area contributed by atoms with Crippen molar-refractivity contribution >= 4 is 23.3 Å². The first-order chi connectivity index (χ1) is 19.3. The number of carbonyl (C=O) groups is 2. The van der Waals surface area contributed by atoms with E-state index in [1.165, 1.54) is 23.2 Å². The topological polar surface area (TPSA) is 83.6 Å². The molecule has 0 radical (unpaired) electrons. The first-order valence-corrected chi connectivity index (χ1v) is 12.6. The van der Waals surface area contributed by atoms with Crippen LogP contribution in [0, 0.1) is 0 Å². The van der Waals surface area contributed by atoms with Crippen molar-refractivity contribution in [2.24, 2.45) is 0 Å². The van der Waals surface area contributed by atoms with Crippen LogP contribution in [-0.4, -0.2) is 30.0 Å². The third-order valence-electron chi connectivity index (χ3n) is 6.37. The minimum absolute atomic E-state index is 0.0609. The summed E-state index contributed by atoms with van der Waals surface area (Å²) in [5.74, 6) is 0.638. The second-order valence-corrected chi connectivity index (χ2v) is 9.17. The largest absolute Gasteiger partial charge is 0.457 e. The molecule has 0 atom stereocenters. The van der Waals surface area contributed by atoms with E-state index in [9.17, 15) is 22.8 Å². The zero-order chi connectivity index (χ0) is 28.1. The third-order valence-corrected chi connectivity index (χ3v) is 6.37. The van der Waals surface area contributed by atoms with Crippen LogP contribution < -0.4 is 20.3 Å². The van der Waals surface area contributed by atoms with Gasteiger partial charge in [0, 0.05) is 36.7 Å². The Morgan fingerprint density at radius 3 is 2.52 bits per heavy atom. The van der Waals surface area contributed by atoms with Crippen LogP contribution in [0.15, 0.2) is 91.1 Å². The molecule has 3 aromatic carbocycles. The van der Waals surface area contributed by atoms with Crippen LogP contribution in [0.1, 0.15) is 27.2 Å². The molecule has 1 aliphatic rings. The number of pyridine rings is 1. The third kappa shape index (κ3) is 6.40. The van der Waals surface area contributed by atoms with Gasteiger partial charge in [-0.2, -0.15) is 13.2 Å². The summed E-state index contributed by atoms with van der Waals surface area (Å²) in [5, 5.41) is 5.40. The van der Waals surface area contributed by atoms with E-state index in [0.717, 1.165) is 23.3 Å². The number of nitrogens with one attached hydrogen (secondary N) is 2. The van der Waals surface area contributed by atoms with Crippen LogP contribution in [-0.2, 0) is 19.0 Å². The van der Waals surface area contributed by atoms with E-state index in [4.69, 9.17) is 4.74 Å². The Labute approximate surface area is 228 Å². The molecule has 0 aliphatic carbocycles.